The van der Waals surface area contributed by atoms with Gasteiger partial charge in [0.05, 0.1) is 7.11 Å². The zero-order valence-electron chi connectivity index (χ0n) is 12.1. The molecule has 0 spiro atoms. The molecule has 1 heterocycles. The molecular formula is C16H20FN3O. The smallest absolute Gasteiger partial charge is 0.165 e. The Morgan fingerprint density at radius 1 is 1.33 bits per heavy atom. The lowest BCUT2D eigenvalue weighted by atomic mass is 10.00. The molecule has 21 heavy (non-hydrogen) atoms. The van der Waals surface area contributed by atoms with Crippen LogP contribution in [0.3, 0.4) is 0 Å². The van der Waals surface area contributed by atoms with Gasteiger partial charge in [-0.3, -0.25) is 16.3 Å². The lowest BCUT2D eigenvalue weighted by molar-refractivity contribution is 0.385. The van der Waals surface area contributed by atoms with Gasteiger partial charge in [0.25, 0.3) is 0 Å². The lowest BCUT2D eigenvalue weighted by Gasteiger charge is -2.16. The Morgan fingerprint density at radius 3 is 2.81 bits per heavy atom. The summed E-state index contributed by atoms with van der Waals surface area (Å²) in [5.41, 5.74) is 4.85. The van der Waals surface area contributed by atoms with Gasteiger partial charge in [-0.15, -0.1) is 0 Å². The zero-order chi connectivity index (χ0) is 15.1. The van der Waals surface area contributed by atoms with Crippen LogP contribution in [-0.2, 0) is 12.8 Å². The number of aryl methyl sites for hydroxylation is 1. The monoisotopic (exact) mass is 289 g/mol. The maximum Gasteiger partial charge on any atom is 0.165 e. The van der Waals surface area contributed by atoms with Gasteiger partial charge in [-0.1, -0.05) is 12.1 Å². The standard InChI is InChI=1S/C16H20FN3O/c1-21-16-7-5-13(10-15(16)17)9-14(20-18)6-4-12-3-2-8-19-11-12/h2-3,5,7-8,10-11,14,20H,4,6,9,18H2,1H3. The van der Waals surface area contributed by atoms with Crippen LogP contribution < -0.4 is 16.0 Å². The third kappa shape index (κ3) is 4.51. The number of ether oxygens (including phenoxy) is 1. The first-order chi connectivity index (χ1) is 10.2. The van der Waals surface area contributed by atoms with Crippen molar-refractivity contribution in [3.63, 3.8) is 0 Å². The van der Waals surface area contributed by atoms with Crippen molar-refractivity contribution >= 4 is 0 Å². The van der Waals surface area contributed by atoms with Gasteiger partial charge in [-0.25, -0.2) is 4.39 Å². The summed E-state index contributed by atoms with van der Waals surface area (Å²) >= 11 is 0. The van der Waals surface area contributed by atoms with Crippen molar-refractivity contribution in [1.29, 1.82) is 0 Å². The summed E-state index contributed by atoms with van der Waals surface area (Å²) in [6.07, 6.45) is 6.00. The number of pyridine rings is 1. The fourth-order valence-electron chi connectivity index (χ4n) is 2.25. The maximum atomic E-state index is 13.7. The van der Waals surface area contributed by atoms with E-state index in [0.29, 0.717) is 6.42 Å². The molecule has 0 amide bonds. The molecule has 0 saturated carbocycles. The van der Waals surface area contributed by atoms with Crippen LogP contribution in [0.4, 0.5) is 4.39 Å². The highest BCUT2D eigenvalue weighted by molar-refractivity contribution is 5.29. The maximum absolute atomic E-state index is 13.7. The van der Waals surface area contributed by atoms with E-state index in [9.17, 15) is 4.39 Å². The van der Waals surface area contributed by atoms with Crippen molar-refractivity contribution in [2.24, 2.45) is 5.84 Å². The van der Waals surface area contributed by atoms with Crippen LogP contribution in [0.2, 0.25) is 0 Å². The molecule has 1 atom stereocenters. The average molecular weight is 289 g/mol. The second kappa shape index (κ2) is 7.71. The third-order valence-electron chi connectivity index (χ3n) is 3.44. The average Bonchev–Trinajstić information content (AvgIpc) is 2.52. The van der Waals surface area contributed by atoms with Gasteiger partial charge < -0.3 is 4.74 Å². The number of rotatable bonds is 7. The SMILES string of the molecule is COc1ccc(CC(CCc2cccnc2)NN)cc1F. The fourth-order valence-corrected chi connectivity index (χ4v) is 2.25. The summed E-state index contributed by atoms with van der Waals surface area (Å²) in [7, 11) is 1.45. The molecule has 1 aromatic heterocycles. The molecule has 0 fully saturated rings. The molecule has 5 heteroatoms. The molecule has 1 unspecified atom stereocenters. The summed E-state index contributed by atoms with van der Waals surface area (Å²) in [5, 5.41) is 0. The summed E-state index contributed by atoms with van der Waals surface area (Å²) in [5.74, 6) is 5.50. The Hall–Kier alpha value is -1.98. The number of aromatic nitrogens is 1. The minimum Gasteiger partial charge on any atom is -0.494 e. The van der Waals surface area contributed by atoms with Crippen LogP contribution in [0.25, 0.3) is 0 Å². The van der Waals surface area contributed by atoms with Crippen LogP contribution in [0, 0.1) is 5.82 Å². The van der Waals surface area contributed by atoms with Gasteiger partial charge in [0.1, 0.15) is 0 Å². The van der Waals surface area contributed by atoms with Gasteiger partial charge in [0, 0.05) is 18.4 Å². The molecule has 0 radical (unpaired) electrons. The minimum atomic E-state index is -0.349. The predicted molar refractivity (Wildman–Crippen MR) is 80.3 cm³/mol. The summed E-state index contributed by atoms with van der Waals surface area (Å²) in [6.45, 7) is 0. The molecule has 0 aliphatic heterocycles. The first-order valence-corrected chi connectivity index (χ1v) is 6.90. The van der Waals surface area contributed by atoms with E-state index in [1.165, 1.54) is 18.7 Å². The molecule has 2 rings (SSSR count). The molecule has 0 bridgehead atoms. The van der Waals surface area contributed by atoms with Crippen molar-refractivity contribution < 1.29 is 9.13 Å². The Balaban J connectivity index is 1.94. The number of benzene rings is 1. The second-order valence-corrected chi connectivity index (χ2v) is 4.94. The van der Waals surface area contributed by atoms with Crippen LogP contribution >= 0.6 is 0 Å². The predicted octanol–water partition coefficient (Wildman–Crippen LogP) is 2.24. The second-order valence-electron chi connectivity index (χ2n) is 4.94. The van der Waals surface area contributed by atoms with E-state index < -0.39 is 0 Å². The van der Waals surface area contributed by atoms with Gasteiger partial charge in [-0.2, -0.15) is 0 Å². The first-order valence-electron chi connectivity index (χ1n) is 6.90. The normalized spacial score (nSPS) is 12.1. The van der Waals surface area contributed by atoms with E-state index in [4.69, 9.17) is 10.6 Å². The van der Waals surface area contributed by atoms with Gasteiger partial charge >= 0.3 is 0 Å². The topological polar surface area (TPSA) is 60.2 Å². The lowest BCUT2D eigenvalue weighted by Crippen LogP contribution is -2.37. The number of nitrogens with one attached hydrogen (secondary N) is 1. The Morgan fingerprint density at radius 2 is 2.19 bits per heavy atom. The summed E-state index contributed by atoms with van der Waals surface area (Å²) in [4.78, 5) is 4.09. The summed E-state index contributed by atoms with van der Waals surface area (Å²) in [6, 6.07) is 9.02. The molecule has 0 aliphatic rings. The summed E-state index contributed by atoms with van der Waals surface area (Å²) < 4.78 is 18.6. The van der Waals surface area contributed by atoms with Crippen molar-refractivity contribution in [3.05, 3.63) is 59.7 Å². The highest BCUT2D eigenvalue weighted by atomic mass is 19.1. The van der Waals surface area contributed by atoms with Crippen LogP contribution in [0.15, 0.2) is 42.7 Å². The number of hydrogen-bond donors (Lipinski definition) is 2. The number of hydrogen-bond acceptors (Lipinski definition) is 4. The van der Waals surface area contributed by atoms with E-state index in [2.05, 4.69) is 10.4 Å². The molecule has 0 saturated heterocycles. The third-order valence-corrected chi connectivity index (χ3v) is 3.44. The number of methoxy groups -OCH3 is 1. The first kappa shape index (κ1) is 15.4. The molecule has 0 aliphatic carbocycles. The van der Waals surface area contributed by atoms with Crippen LogP contribution in [0.5, 0.6) is 5.75 Å². The number of nitrogens with zero attached hydrogens (tertiary/aromatic N) is 1. The molecule has 3 N–H and O–H groups in total. The van der Waals surface area contributed by atoms with E-state index in [-0.39, 0.29) is 17.6 Å². The fraction of sp³-hybridized carbons (Fsp3) is 0.312. The number of nitrogens with two attached hydrogens (primary N) is 1. The molecule has 4 nitrogen and oxygen atoms in total. The highest BCUT2D eigenvalue weighted by Crippen LogP contribution is 2.19. The Kier molecular flexibility index (Phi) is 5.66. The molecule has 112 valence electrons. The molecule has 2 aromatic rings. The van der Waals surface area contributed by atoms with Gasteiger partial charge in [0.2, 0.25) is 0 Å². The zero-order valence-corrected chi connectivity index (χ0v) is 12.1. The van der Waals surface area contributed by atoms with Crippen LogP contribution in [0.1, 0.15) is 17.5 Å². The molecular weight excluding hydrogens is 269 g/mol. The van der Waals surface area contributed by atoms with E-state index in [0.717, 1.165) is 18.4 Å². The largest absolute Gasteiger partial charge is 0.494 e. The quantitative estimate of drug-likeness (QED) is 0.606. The number of hydrazine groups is 1. The number of halogens is 1. The van der Waals surface area contributed by atoms with Crippen molar-refractivity contribution in [2.75, 3.05) is 7.11 Å². The van der Waals surface area contributed by atoms with Crippen LogP contribution in [-0.4, -0.2) is 18.1 Å². The van der Waals surface area contributed by atoms with E-state index in [1.54, 1.807) is 12.3 Å². The minimum absolute atomic E-state index is 0.0815. The highest BCUT2D eigenvalue weighted by Gasteiger charge is 2.10. The van der Waals surface area contributed by atoms with Crippen molar-refractivity contribution in [3.8, 4) is 5.75 Å². The van der Waals surface area contributed by atoms with Crippen molar-refractivity contribution in [2.45, 2.75) is 25.3 Å². The van der Waals surface area contributed by atoms with Gasteiger partial charge in [0.15, 0.2) is 11.6 Å². The van der Waals surface area contributed by atoms with Crippen molar-refractivity contribution in [1.82, 2.24) is 10.4 Å². The van der Waals surface area contributed by atoms with Gasteiger partial charge in [-0.05, 0) is 48.6 Å². The Bertz CT molecular complexity index is 563. The van der Waals surface area contributed by atoms with E-state index >= 15 is 0 Å². The molecule has 1 aromatic carbocycles. The van der Waals surface area contributed by atoms with E-state index in [1.807, 2.05) is 24.4 Å². The Labute approximate surface area is 124 Å².